The molecule has 0 unspecified atom stereocenters. The standard InChI is InChI=1S/C16H19ClOSi/c1-19(2,3)18-16-10-9-15(17)12-14(16)11-13-7-5-4-6-8-13/h4-10,12H,11H2,1-3H3. The third-order valence-electron chi connectivity index (χ3n) is 2.68. The lowest BCUT2D eigenvalue weighted by Crippen LogP contribution is -2.29. The molecule has 2 rings (SSSR count). The van der Waals surface area contributed by atoms with Crippen LogP contribution in [0.4, 0.5) is 0 Å². The molecule has 2 aromatic carbocycles. The summed E-state index contributed by atoms with van der Waals surface area (Å²) >= 11 is 6.11. The Bertz CT molecular complexity index is 546. The molecule has 0 spiro atoms. The molecule has 2 aromatic rings. The molecule has 0 N–H and O–H groups in total. The normalized spacial score (nSPS) is 11.4. The summed E-state index contributed by atoms with van der Waals surface area (Å²) in [6, 6.07) is 16.3. The first-order valence-corrected chi connectivity index (χ1v) is 10.2. The van der Waals surface area contributed by atoms with Crippen molar-refractivity contribution in [3.8, 4) is 5.75 Å². The van der Waals surface area contributed by atoms with E-state index in [0.29, 0.717) is 0 Å². The van der Waals surface area contributed by atoms with Crippen LogP contribution in [-0.2, 0) is 6.42 Å². The van der Waals surface area contributed by atoms with Gasteiger partial charge in [-0.3, -0.25) is 0 Å². The quantitative estimate of drug-likeness (QED) is 0.708. The van der Waals surface area contributed by atoms with Crippen molar-refractivity contribution in [2.45, 2.75) is 26.1 Å². The van der Waals surface area contributed by atoms with Gasteiger partial charge in [0.2, 0.25) is 8.32 Å². The monoisotopic (exact) mass is 290 g/mol. The Kier molecular flexibility index (Phi) is 4.33. The summed E-state index contributed by atoms with van der Waals surface area (Å²) < 4.78 is 6.14. The van der Waals surface area contributed by atoms with Gasteiger partial charge in [-0.05, 0) is 49.0 Å². The van der Waals surface area contributed by atoms with Crippen LogP contribution in [0.5, 0.6) is 5.75 Å². The van der Waals surface area contributed by atoms with Crippen LogP contribution in [0, 0.1) is 0 Å². The number of hydrogen-bond acceptors (Lipinski definition) is 1. The Balaban J connectivity index is 2.30. The maximum atomic E-state index is 6.14. The van der Waals surface area contributed by atoms with Crippen LogP contribution in [0.1, 0.15) is 11.1 Å². The van der Waals surface area contributed by atoms with Crippen LogP contribution in [0.25, 0.3) is 0 Å². The summed E-state index contributed by atoms with van der Waals surface area (Å²) in [6.45, 7) is 6.57. The fraction of sp³-hybridized carbons (Fsp3) is 0.250. The Morgan fingerprint density at radius 2 is 1.68 bits per heavy atom. The zero-order valence-corrected chi connectivity index (χ0v) is 13.4. The van der Waals surface area contributed by atoms with Crippen molar-refractivity contribution in [3.63, 3.8) is 0 Å². The fourth-order valence-electron chi connectivity index (χ4n) is 1.93. The van der Waals surface area contributed by atoms with Gasteiger partial charge in [-0.15, -0.1) is 0 Å². The molecule has 0 aliphatic carbocycles. The molecule has 0 aromatic heterocycles. The van der Waals surface area contributed by atoms with Crippen LogP contribution in [0.2, 0.25) is 24.7 Å². The average molecular weight is 291 g/mol. The first-order valence-electron chi connectivity index (χ1n) is 6.45. The largest absolute Gasteiger partial charge is 0.544 e. The van der Waals surface area contributed by atoms with Crippen molar-refractivity contribution >= 4 is 19.9 Å². The molecule has 19 heavy (non-hydrogen) atoms. The second-order valence-corrected chi connectivity index (χ2v) is 10.5. The van der Waals surface area contributed by atoms with E-state index >= 15 is 0 Å². The van der Waals surface area contributed by atoms with Crippen molar-refractivity contribution < 1.29 is 4.43 Å². The Morgan fingerprint density at radius 3 is 2.32 bits per heavy atom. The lowest BCUT2D eigenvalue weighted by atomic mass is 10.0. The number of rotatable bonds is 4. The Labute approximate surface area is 121 Å². The van der Waals surface area contributed by atoms with Gasteiger partial charge in [0.15, 0.2) is 0 Å². The van der Waals surface area contributed by atoms with Gasteiger partial charge in [0.05, 0.1) is 0 Å². The molecular weight excluding hydrogens is 272 g/mol. The summed E-state index contributed by atoms with van der Waals surface area (Å²) in [5.41, 5.74) is 2.42. The highest BCUT2D eigenvalue weighted by molar-refractivity contribution is 6.70. The van der Waals surface area contributed by atoms with E-state index in [2.05, 4.69) is 43.9 Å². The van der Waals surface area contributed by atoms with Crippen LogP contribution >= 0.6 is 11.6 Å². The Morgan fingerprint density at radius 1 is 1.00 bits per heavy atom. The van der Waals surface area contributed by atoms with E-state index in [-0.39, 0.29) is 0 Å². The zero-order chi connectivity index (χ0) is 13.9. The van der Waals surface area contributed by atoms with E-state index in [1.54, 1.807) is 0 Å². The van der Waals surface area contributed by atoms with Crippen LogP contribution in [0.3, 0.4) is 0 Å². The second kappa shape index (κ2) is 5.80. The van der Waals surface area contributed by atoms with E-state index < -0.39 is 8.32 Å². The minimum atomic E-state index is -1.61. The summed E-state index contributed by atoms with van der Waals surface area (Å²) in [5.74, 6) is 0.965. The minimum absolute atomic E-state index is 0.758. The van der Waals surface area contributed by atoms with Gasteiger partial charge in [-0.2, -0.15) is 0 Å². The Hall–Kier alpha value is -1.25. The number of halogens is 1. The summed E-state index contributed by atoms with van der Waals surface area (Å²) in [4.78, 5) is 0. The lowest BCUT2D eigenvalue weighted by Gasteiger charge is -2.22. The summed E-state index contributed by atoms with van der Waals surface area (Å²) in [6.07, 6.45) is 0.848. The van der Waals surface area contributed by atoms with Crippen molar-refractivity contribution in [2.75, 3.05) is 0 Å². The molecule has 1 nitrogen and oxygen atoms in total. The first-order chi connectivity index (χ1) is 8.94. The van der Waals surface area contributed by atoms with Crippen LogP contribution in [-0.4, -0.2) is 8.32 Å². The van der Waals surface area contributed by atoms with Gasteiger partial charge >= 0.3 is 0 Å². The van der Waals surface area contributed by atoms with Crippen LogP contribution in [0.15, 0.2) is 48.5 Å². The highest BCUT2D eigenvalue weighted by Crippen LogP contribution is 2.27. The minimum Gasteiger partial charge on any atom is -0.544 e. The second-order valence-electron chi connectivity index (χ2n) is 5.63. The highest BCUT2D eigenvalue weighted by atomic mass is 35.5. The third kappa shape index (κ3) is 4.41. The lowest BCUT2D eigenvalue weighted by molar-refractivity contribution is 0.551. The molecular formula is C16H19ClOSi. The van der Waals surface area contributed by atoms with Gasteiger partial charge in [0.1, 0.15) is 5.75 Å². The maximum Gasteiger partial charge on any atom is 0.242 e. The molecule has 0 fully saturated rings. The SMILES string of the molecule is C[Si](C)(C)Oc1ccc(Cl)cc1Cc1ccccc1. The van der Waals surface area contributed by atoms with Gasteiger partial charge in [-0.25, -0.2) is 0 Å². The molecule has 3 heteroatoms. The average Bonchev–Trinajstić information content (AvgIpc) is 2.32. The summed E-state index contributed by atoms with van der Waals surface area (Å²) in [5, 5.41) is 0.758. The molecule has 0 amide bonds. The molecule has 0 saturated carbocycles. The fourth-order valence-corrected chi connectivity index (χ4v) is 2.98. The number of benzene rings is 2. The topological polar surface area (TPSA) is 9.23 Å². The molecule has 0 radical (unpaired) electrons. The van der Waals surface area contributed by atoms with E-state index in [1.165, 1.54) is 5.56 Å². The molecule has 0 bridgehead atoms. The predicted molar refractivity (Wildman–Crippen MR) is 84.7 cm³/mol. The van der Waals surface area contributed by atoms with Crippen molar-refractivity contribution in [3.05, 3.63) is 64.7 Å². The number of hydrogen-bond donors (Lipinski definition) is 0. The van der Waals surface area contributed by atoms with E-state index in [9.17, 15) is 0 Å². The highest BCUT2D eigenvalue weighted by Gasteiger charge is 2.18. The molecule has 0 aliphatic heterocycles. The maximum absolute atomic E-state index is 6.14. The predicted octanol–water partition coefficient (Wildman–Crippen LogP) is 5.14. The van der Waals surface area contributed by atoms with Gasteiger partial charge in [0, 0.05) is 11.4 Å². The zero-order valence-electron chi connectivity index (χ0n) is 11.6. The summed E-state index contributed by atoms with van der Waals surface area (Å²) in [7, 11) is -1.61. The van der Waals surface area contributed by atoms with E-state index in [0.717, 1.165) is 22.8 Å². The van der Waals surface area contributed by atoms with Gasteiger partial charge in [0.25, 0.3) is 0 Å². The molecule has 0 saturated heterocycles. The van der Waals surface area contributed by atoms with Crippen molar-refractivity contribution in [1.29, 1.82) is 0 Å². The molecule has 0 atom stereocenters. The molecule has 100 valence electrons. The molecule has 0 aliphatic rings. The van der Waals surface area contributed by atoms with E-state index in [4.69, 9.17) is 16.0 Å². The first kappa shape index (κ1) is 14.2. The van der Waals surface area contributed by atoms with Crippen molar-refractivity contribution in [2.24, 2.45) is 0 Å². The van der Waals surface area contributed by atoms with E-state index in [1.807, 2.05) is 24.3 Å². The van der Waals surface area contributed by atoms with Crippen molar-refractivity contribution in [1.82, 2.24) is 0 Å². The third-order valence-corrected chi connectivity index (χ3v) is 3.74. The van der Waals surface area contributed by atoms with Crippen LogP contribution < -0.4 is 4.43 Å². The van der Waals surface area contributed by atoms with Gasteiger partial charge in [-0.1, -0.05) is 41.9 Å². The van der Waals surface area contributed by atoms with Gasteiger partial charge < -0.3 is 4.43 Å². The molecule has 0 heterocycles. The smallest absolute Gasteiger partial charge is 0.242 e.